The normalized spacial score (nSPS) is 13.5. The molecule has 1 aromatic carbocycles. The maximum absolute atomic E-state index is 11.8. The van der Waals surface area contributed by atoms with Crippen LogP contribution in [0.5, 0.6) is 0 Å². The molecule has 1 aliphatic carbocycles. The summed E-state index contributed by atoms with van der Waals surface area (Å²) < 4.78 is 5.46. The minimum absolute atomic E-state index is 0. The zero-order valence-corrected chi connectivity index (χ0v) is 13.3. The van der Waals surface area contributed by atoms with Crippen LogP contribution in [0.25, 0.3) is 11.3 Å². The molecule has 1 amide bonds. The first-order chi connectivity index (χ1) is 10.2. The van der Waals surface area contributed by atoms with Crippen molar-refractivity contribution in [2.24, 2.45) is 5.92 Å². The highest BCUT2D eigenvalue weighted by Gasteiger charge is 2.20. The van der Waals surface area contributed by atoms with Gasteiger partial charge in [0.05, 0.1) is 12.7 Å². The summed E-state index contributed by atoms with van der Waals surface area (Å²) in [5, 5.41) is 6.04. The molecule has 1 aromatic heterocycles. The van der Waals surface area contributed by atoms with Gasteiger partial charge in [0, 0.05) is 18.2 Å². The molecule has 22 heavy (non-hydrogen) atoms. The third-order valence-electron chi connectivity index (χ3n) is 3.49. The van der Waals surface area contributed by atoms with Gasteiger partial charge in [0.25, 0.3) is 0 Å². The lowest BCUT2D eigenvalue weighted by Gasteiger charge is -2.06. The Bertz CT molecular complexity index is 621. The first kappa shape index (κ1) is 16.5. The molecule has 1 heterocycles. The number of nitrogens with one attached hydrogen (secondary N) is 2. The van der Waals surface area contributed by atoms with E-state index in [1.54, 1.807) is 6.20 Å². The van der Waals surface area contributed by atoms with E-state index < -0.39 is 0 Å². The predicted octanol–water partition coefficient (Wildman–Crippen LogP) is 3.01. The van der Waals surface area contributed by atoms with Crippen LogP contribution in [0.3, 0.4) is 0 Å². The number of aryl methyl sites for hydroxylation is 1. The predicted molar refractivity (Wildman–Crippen MR) is 88.1 cm³/mol. The molecule has 1 fully saturated rings. The highest BCUT2D eigenvalue weighted by molar-refractivity contribution is 5.92. The number of amides is 1. The van der Waals surface area contributed by atoms with Crippen LogP contribution in [0.2, 0.25) is 0 Å². The number of hydrogen-bond donors (Lipinski definition) is 2. The average molecular weight is 322 g/mol. The first-order valence-electron chi connectivity index (χ1n) is 7.24. The maximum Gasteiger partial charge on any atom is 0.238 e. The number of nitrogens with zero attached hydrogens (tertiary/aromatic N) is 1. The van der Waals surface area contributed by atoms with Crippen molar-refractivity contribution in [2.75, 3.05) is 18.4 Å². The molecule has 0 aliphatic heterocycles. The summed E-state index contributed by atoms with van der Waals surface area (Å²) in [5.74, 6) is 2.14. The van der Waals surface area contributed by atoms with Crippen LogP contribution in [0.15, 0.2) is 34.9 Å². The Morgan fingerprint density at radius 1 is 1.32 bits per heavy atom. The van der Waals surface area contributed by atoms with Crippen LogP contribution >= 0.6 is 12.4 Å². The molecule has 118 valence electrons. The van der Waals surface area contributed by atoms with Crippen molar-refractivity contribution in [1.82, 2.24) is 10.3 Å². The highest BCUT2D eigenvalue weighted by atomic mass is 35.5. The number of carbonyl (C=O) groups excluding carboxylic acids is 1. The highest BCUT2D eigenvalue weighted by Crippen LogP contribution is 2.27. The van der Waals surface area contributed by atoms with E-state index in [4.69, 9.17) is 4.42 Å². The summed E-state index contributed by atoms with van der Waals surface area (Å²) in [6, 6.07) is 7.55. The SMILES string of the molecule is Cc1ncc(-c2ccc(NC(=O)CNCC3CC3)cc2)o1.Cl. The third kappa shape index (κ3) is 4.58. The minimum atomic E-state index is -0.0149. The number of carbonyl (C=O) groups is 1. The van der Waals surface area contributed by atoms with E-state index in [1.165, 1.54) is 12.8 Å². The molecule has 0 radical (unpaired) electrons. The molecule has 1 aliphatic rings. The van der Waals surface area contributed by atoms with Crippen LogP contribution < -0.4 is 10.6 Å². The molecule has 2 aromatic rings. The van der Waals surface area contributed by atoms with Crippen LogP contribution in [0, 0.1) is 12.8 Å². The van der Waals surface area contributed by atoms with Crippen molar-refractivity contribution < 1.29 is 9.21 Å². The van der Waals surface area contributed by atoms with Gasteiger partial charge in [-0.25, -0.2) is 4.98 Å². The van der Waals surface area contributed by atoms with Crippen LogP contribution in [-0.4, -0.2) is 24.0 Å². The van der Waals surface area contributed by atoms with Gasteiger partial charge >= 0.3 is 0 Å². The third-order valence-corrected chi connectivity index (χ3v) is 3.49. The number of benzene rings is 1. The molecule has 2 N–H and O–H groups in total. The second kappa shape index (κ2) is 7.42. The molecule has 0 atom stereocenters. The van der Waals surface area contributed by atoms with E-state index in [0.29, 0.717) is 12.4 Å². The second-order valence-corrected chi connectivity index (χ2v) is 5.44. The topological polar surface area (TPSA) is 67.2 Å². The van der Waals surface area contributed by atoms with Gasteiger partial charge in [-0.3, -0.25) is 4.79 Å². The van der Waals surface area contributed by atoms with Gasteiger partial charge in [0.15, 0.2) is 11.7 Å². The molecule has 6 heteroatoms. The van der Waals surface area contributed by atoms with Crippen molar-refractivity contribution in [3.05, 3.63) is 36.4 Å². The fourth-order valence-electron chi connectivity index (χ4n) is 2.13. The Kier molecular flexibility index (Phi) is 5.57. The van der Waals surface area contributed by atoms with Crippen molar-refractivity contribution in [2.45, 2.75) is 19.8 Å². The van der Waals surface area contributed by atoms with Crippen LogP contribution in [0.1, 0.15) is 18.7 Å². The standard InChI is InChI=1S/C16H19N3O2.ClH/c1-11-18-9-15(21-11)13-4-6-14(7-5-13)19-16(20)10-17-8-12-2-3-12;/h4-7,9,12,17H,2-3,8,10H2,1H3,(H,19,20);1H. The molecule has 0 spiro atoms. The molecular weight excluding hydrogens is 302 g/mol. The van der Waals surface area contributed by atoms with Crippen molar-refractivity contribution in [3.8, 4) is 11.3 Å². The summed E-state index contributed by atoms with van der Waals surface area (Å²) in [6.07, 6.45) is 4.28. The van der Waals surface area contributed by atoms with E-state index in [2.05, 4.69) is 15.6 Å². The molecule has 1 saturated carbocycles. The summed E-state index contributed by atoms with van der Waals surface area (Å²) in [4.78, 5) is 15.8. The zero-order valence-electron chi connectivity index (χ0n) is 12.5. The van der Waals surface area contributed by atoms with Gasteiger partial charge in [-0.05, 0) is 49.6 Å². The Hall–Kier alpha value is -1.85. The number of rotatable bonds is 6. The summed E-state index contributed by atoms with van der Waals surface area (Å²) in [7, 11) is 0. The van der Waals surface area contributed by atoms with E-state index in [1.807, 2.05) is 31.2 Å². The van der Waals surface area contributed by atoms with Gasteiger partial charge in [-0.15, -0.1) is 12.4 Å². The number of oxazole rings is 1. The van der Waals surface area contributed by atoms with E-state index >= 15 is 0 Å². The molecule has 5 nitrogen and oxygen atoms in total. The van der Waals surface area contributed by atoms with Gasteiger partial charge < -0.3 is 15.1 Å². The lowest BCUT2D eigenvalue weighted by molar-refractivity contribution is -0.115. The quantitative estimate of drug-likeness (QED) is 0.858. The fourth-order valence-corrected chi connectivity index (χ4v) is 2.13. The summed E-state index contributed by atoms with van der Waals surface area (Å²) in [6.45, 7) is 3.11. The molecule has 0 bridgehead atoms. The zero-order chi connectivity index (χ0) is 14.7. The van der Waals surface area contributed by atoms with E-state index in [9.17, 15) is 4.79 Å². The Morgan fingerprint density at radius 3 is 2.64 bits per heavy atom. The van der Waals surface area contributed by atoms with Crippen molar-refractivity contribution in [1.29, 1.82) is 0 Å². The van der Waals surface area contributed by atoms with Gasteiger partial charge in [-0.1, -0.05) is 0 Å². The molecule has 3 rings (SSSR count). The maximum atomic E-state index is 11.8. The van der Waals surface area contributed by atoms with E-state index in [-0.39, 0.29) is 18.3 Å². The smallest absolute Gasteiger partial charge is 0.238 e. The minimum Gasteiger partial charge on any atom is -0.441 e. The number of hydrogen-bond acceptors (Lipinski definition) is 4. The van der Waals surface area contributed by atoms with Crippen LogP contribution in [0.4, 0.5) is 5.69 Å². The average Bonchev–Trinajstić information content (AvgIpc) is 3.19. The Balaban J connectivity index is 0.00000176. The Labute approximate surface area is 135 Å². The van der Waals surface area contributed by atoms with Crippen molar-refractivity contribution >= 4 is 24.0 Å². The lowest BCUT2D eigenvalue weighted by atomic mass is 10.1. The van der Waals surface area contributed by atoms with Gasteiger partial charge in [0.2, 0.25) is 5.91 Å². The summed E-state index contributed by atoms with van der Waals surface area (Å²) >= 11 is 0. The number of anilines is 1. The van der Waals surface area contributed by atoms with Gasteiger partial charge in [-0.2, -0.15) is 0 Å². The number of aromatic nitrogens is 1. The second-order valence-electron chi connectivity index (χ2n) is 5.44. The largest absolute Gasteiger partial charge is 0.441 e. The molecule has 0 unspecified atom stereocenters. The first-order valence-corrected chi connectivity index (χ1v) is 7.24. The summed E-state index contributed by atoms with van der Waals surface area (Å²) in [5.41, 5.74) is 1.73. The fraction of sp³-hybridized carbons (Fsp3) is 0.375. The van der Waals surface area contributed by atoms with Crippen LogP contribution in [-0.2, 0) is 4.79 Å². The van der Waals surface area contributed by atoms with E-state index in [0.717, 1.165) is 29.5 Å². The Morgan fingerprint density at radius 2 is 2.05 bits per heavy atom. The van der Waals surface area contributed by atoms with Gasteiger partial charge in [0.1, 0.15) is 0 Å². The molecule has 0 saturated heterocycles. The lowest BCUT2D eigenvalue weighted by Crippen LogP contribution is -2.29. The molecular formula is C16H20ClN3O2. The monoisotopic (exact) mass is 321 g/mol. The van der Waals surface area contributed by atoms with Crippen molar-refractivity contribution in [3.63, 3.8) is 0 Å². The number of halogens is 1.